The molecule has 0 aliphatic carbocycles. The Hall–Kier alpha value is -2.56. The Morgan fingerprint density at radius 2 is 2.00 bits per heavy atom. The van der Waals surface area contributed by atoms with Gasteiger partial charge in [0.15, 0.2) is 0 Å². The van der Waals surface area contributed by atoms with Gasteiger partial charge in [-0.3, -0.25) is 0 Å². The number of rotatable bonds is 3. The highest BCUT2D eigenvalue weighted by Gasteiger charge is 2.13. The Morgan fingerprint density at radius 3 is 2.65 bits per heavy atom. The van der Waals surface area contributed by atoms with Crippen molar-refractivity contribution in [1.82, 2.24) is 0 Å². The maximum Gasteiger partial charge on any atom is 0.340 e. The molecule has 0 fully saturated rings. The fraction of sp³-hybridized carbons (Fsp3) is 0.133. The topological polar surface area (TPSA) is 64.3 Å². The number of anilines is 3. The molecule has 0 saturated heterocycles. The molecule has 0 saturated carbocycles. The third-order valence-corrected chi connectivity index (χ3v) is 2.91. The first-order valence-electron chi connectivity index (χ1n) is 6.02. The second kappa shape index (κ2) is 5.61. The summed E-state index contributed by atoms with van der Waals surface area (Å²) in [7, 11) is 1.30. The van der Waals surface area contributed by atoms with Gasteiger partial charge in [-0.2, -0.15) is 0 Å². The number of ether oxygens (including phenoxy) is 1. The van der Waals surface area contributed by atoms with Gasteiger partial charge in [0.2, 0.25) is 0 Å². The minimum Gasteiger partial charge on any atom is -0.465 e. The number of hydrogen-bond acceptors (Lipinski definition) is 4. The van der Waals surface area contributed by atoms with E-state index in [1.54, 1.807) is 31.2 Å². The van der Waals surface area contributed by atoms with E-state index in [4.69, 9.17) is 5.73 Å². The fourth-order valence-corrected chi connectivity index (χ4v) is 1.88. The minimum absolute atomic E-state index is 0.284. The lowest BCUT2D eigenvalue weighted by Crippen LogP contribution is -2.08. The normalized spacial score (nSPS) is 10.2. The summed E-state index contributed by atoms with van der Waals surface area (Å²) in [6.07, 6.45) is 0. The van der Waals surface area contributed by atoms with E-state index in [0.717, 1.165) is 5.56 Å². The van der Waals surface area contributed by atoms with Crippen LogP contribution in [0, 0.1) is 12.7 Å². The lowest BCUT2D eigenvalue weighted by molar-refractivity contribution is 0.0602. The van der Waals surface area contributed by atoms with Gasteiger partial charge in [0.05, 0.1) is 12.7 Å². The average molecular weight is 274 g/mol. The molecule has 20 heavy (non-hydrogen) atoms. The Bertz CT molecular complexity index is 656. The van der Waals surface area contributed by atoms with Crippen molar-refractivity contribution in [3.63, 3.8) is 0 Å². The van der Waals surface area contributed by atoms with E-state index in [2.05, 4.69) is 10.1 Å². The highest BCUT2D eigenvalue weighted by Crippen LogP contribution is 2.26. The van der Waals surface area contributed by atoms with E-state index < -0.39 is 5.97 Å². The lowest BCUT2D eigenvalue weighted by Gasteiger charge is -2.12. The molecule has 0 spiro atoms. The molecule has 0 radical (unpaired) electrons. The molecule has 2 aromatic carbocycles. The van der Waals surface area contributed by atoms with Crippen LogP contribution >= 0.6 is 0 Å². The summed E-state index contributed by atoms with van der Waals surface area (Å²) in [5.41, 5.74) is 8.49. The third-order valence-electron chi connectivity index (χ3n) is 2.91. The number of nitrogen functional groups attached to an aromatic ring is 1. The van der Waals surface area contributed by atoms with Gasteiger partial charge in [-0.05, 0) is 42.8 Å². The Morgan fingerprint density at radius 1 is 1.25 bits per heavy atom. The van der Waals surface area contributed by atoms with E-state index in [1.165, 1.54) is 19.2 Å². The second-order valence-electron chi connectivity index (χ2n) is 4.38. The molecule has 0 bridgehead atoms. The van der Waals surface area contributed by atoms with Gasteiger partial charge < -0.3 is 15.8 Å². The van der Waals surface area contributed by atoms with Crippen LogP contribution in [-0.2, 0) is 4.74 Å². The summed E-state index contributed by atoms with van der Waals surface area (Å²) in [4.78, 5) is 11.7. The summed E-state index contributed by atoms with van der Waals surface area (Å²) < 4.78 is 17.8. The van der Waals surface area contributed by atoms with Crippen molar-refractivity contribution < 1.29 is 13.9 Å². The van der Waals surface area contributed by atoms with Crippen LogP contribution in [0.15, 0.2) is 36.4 Å². The summed E-state index contributed by atoms with van der Waals surface area (Å²) in [5.74, 6) is -0.844. The molecule has 2 rings (SSSR count). The molecule has 5 heteroatoms. The van der Waals surface area contributed by atoms with Crippen molar-refractivity contribution in [1.29, 1.82) is 0 Å². The van der Waals surface area contributed by atoms with Crippen molar-refractivity contribution in [2.45, 2.75) is 6.92 Å². The molecule has 4 nitrogen and oxygen atoms in total. The van der Waals surface area contributed by atoms with Gasteiger partial charge in [-0.25, -0.2) is 9.18 Å². The van der Waals surface area contributed by atoms with Crippen molar-refractivity contribution in [3.8, 4) is 0 Å². The van der Waals surface area contributed by atoms with Gasteiger partial charge >= 0.3 is 5.97 Å². The van der Waals surface area contributed by atoms with Crippen LogP contribution < -0.4 is 11.1 Å². The maximum absolute atomic E-state index is 13.1. The van der Waals surface area contributed by atoms with E-state index in [-0.39, 0.29) is 11.4 Å². The number of hydrogen-bond donors (Lipinski definition) is 2. The zero-order valence-electron chi connectivity index (χ0n) is 11.2. The van der Waals surface area contributed by atoms with E-state index in [0.29, 0.717) is 17.1 Å². The molecule has 0 aromatic heterocycles. The zero-order chi connectivity index (χ0) is 14.7. The smallest absolute Gasteiger partial charge is 0.340 e. The summed E-state index contributed by atoms with van der Waals surface area (Å²) >= 11 is 0. The van der Waals surface area contributed by atoms with Crippen molar-refractivity contribution >= 4 is 23.0 Å². The van der Waals surface area contributed by atoms with Gasteiger partial charge in [0.25, 0.3) is 0 Å². The molecule has 3 N–H and O–H groups in total. The van der Waals surface area contributed by atoms with Crippen molar-refractivity contribution in [3.05, 3.63) is 53.3 Å². The third kappa shape index (κ3) is 2.88. The SMILES string of the molecule is COC(=O)c1cc(Nc2cccc(F)c2)cc(C)c1N. The summed E-state index contributed by atoms with van der Waals surface area (Å²) in [5, 5.41) is 3.03. The maximum atomic E-state index is 13.1. The van der Waals surface area contributed by atoms with Crippen LogP contribution in [0.3, 0.4) is 0 Å². The van der Waals surface area contributed by atoms with E-state index in [9.17, 15) is 9.18 Å². The number of nitrogens with one attached hydrogen (secondary N) is 1. The Balaban J connectivity index is 2.38. The minimum atomic E-state index is -0.506. The number of carbonyl (C=O) groups excluding carboxylic acids is 1. The van der Waals surface area contributed by atoms with Crippen LogP contribution in [0.4, 0.5) is 21.5 Å². The molecule has 2 aromatic rings. The standard InChI is InChI=1S/C15H15FN2O2/c1-9-6-12(8-13(14(9)17)15(19)20-2)18-11-5-3-4-10(16)7-11/h3-8,18H,17H2,1-2H3. The number of aryl methyl sites for hydroxylation is 1. The Labute approximate surface area is 116 Å². The fourth-order valence-electron chi connectivity index (χ4n) is 1.88. The number of benzene rings is 2. The number of methoxy groups -OCH3 is 1. The molecule has 0 heterocycles. The first-order valence-corrected chi connectivity index (χ1v) is 6.02. The highest BCUT2D eigenvalue weighted by molar-refractivity contribution is 5.97. The molecule has 0 aliphatic rings. The van der Waals surface area contributed by atoms with Gasteiger partial charge in [0.1, 0.15) is 5.82 Å². The van der Waals surface area contributed by atoms with Gasteiger partial charge in [0, 0.05) is 17.1 Å². The first kappa shape index (κ1) is 13.9. The van der Waals surface area contributed by atoms with Crippen molar-refractivity contribution in [2.75, 3.05) is 18.2 Å². The first-order chi connectivity index (χ1) is 9.51. The molecule has 0 aliphatic heterocycles. The highest BCUT2D eigenvalue weighted by atomic mass is 19.1. The van der Waals surface area contributed by atoms with Crippen LogP contribution in [0.2, 0.25) is 0 Å². The predicted octanol–water partition coefficient (Wildman–Crippen LogP) is 3.25. The summed E-state index contributed by atoms with van der Waals surface area (Å²) in [6, 6.07) is 9.42. The van der Waals surface area contributed by atoms with Crippen LogP contribution in [-0.4, -0.2) is 13.1 Å². The molecule has 0 atom stereocenters. The quantitative estimate of drug-likeness (QED) is 0.666. The molecular weight excluding hydrogens is 259 g/mol. The monoisotopic (exact) mass is 274 g/mol. The predicted molar refractivity (Wildman–Crippen MR) is 76.6 cm³/mol. The second-order valence-corrected chi connectivity index (χ2v) is 4.38. The van der Waals surface area contributed by atoms with Crippen LogP contribution in [0.5, 0.6) is 0 Å². The van der Waals surface area contributed by atoms with Gasteiger partial charge in [-0.15, -0.1) is 0 Å². The zero-order valence-corrected chi connectivity index (χ0v) is 11.2. The van der Waals surface area contributed by atoms with Crippen LogP contribution in [0.1, 0.15) is 15.9 Å². The number of halogens is 1. The Kier molecular flexibility index (Phi) is 3.89. The van der Waals surface area contributed by atoms with E-state index >= 15 is 0 Å². The van der Waals surface area contributed by atoms with E-state index in [1.807, 2.05) is 0 Å². The van der Waals surface area contributed by atoms with Crippen LogP contribution in [0.25, 0.3) is 0 Å². The number of nitrogens with two attached hydrogens (primary N) is 1. The number of esters is 1. The van der Waals surface area contributed by atoms with Crippen molar-refractivity contribution in [2.24, 2.45) is 0 Å². The molecular formula is C15H15FN2O2. The molecule has 104 valence electrons. The average Bonchev–Trinajstić information content (AvgIpc) is 2.42. The largest absolute Gasteiger partial charge is 0.465 e. The summed E-state index contributed by atoms with van der Waals surface area (Å²) in [6.45, 7) is 1.79. The van der Waals surface area contributed by atoms with Gasteiger partial charge in [-0.1, -0.05) is 6.07 Å². The molecule has 0 amide bonds. The lowest BCUT2D eigenvalue weighted by atomic mass is 10.1. The molecule has 0 unspecified atom stereocenters. The number of carbonyl (C=O) groups is 1.